The highest BCUT2D eigenvalue weighted by atomic mass is 16.6. The highest BCUT2D eigenvalue weighted by Gasteiger charge is 2.41. The van der Waals surface area contributed by atoms with E-state index in [9.17, 15) is 14.9 Å². The number of rotatable bonds is 3. The highest BCUT2D eigenvalue weighted by molar-refractivity contribution is 5.90. The number of hydrogen-bond donors (Lipinski definition) is 3. The van der Waals surface area contributed by atoms with Crippen molar-refractivity contribution in [1.29, 1.82) is 0 Å². The molecule has 0 radical (unpaired) electrons. The van der Waals surface area contributed by atoms with Crippen molar-refractivity contribution < 1.29 is 14.8 Å². The largest absolute Gasteiger partial charge is 0.478 e. The Morgan fingerprint density at radius 3 is 2.56 bits per heavy atom. The minimum atomic E-state index is -1.79. The first-order valence-corrected chi connectivity index (χ1v) is 4.25. The van der Waals surface area contributed by atoms with Gasteiger partial charge >= 0.3 is 11.6 Å². The van der Waals surface area contributed by atoms with Crippen LogP contribution in [0, 0.1) is 10.1 Å². The van der Waals surface area contributed by atoms with Crippen molar-refractivity contribution in [3.8, 4) is 0 Å². The molecular formula is C8H10N4O4. The van der Waals surface area contributed by atoms with Gasteiger partial charge < -0.3 is 16.6 Å². The number of hydrogen-bond acceptors (Lipinski definition) is 4. The number of guanidine groups is 1. The summed E-state index contributed by atoms with van der Waals surface area (Å²) in [5.74, 6) is -1.58. The summed E-state index contributed by atoms with van der Waals surface area (Å²) in [6.07, 6.45) is 3.19. The lowest BCUT2D eigenvalue weighted by molar-refractivity contribution is -0.552. The van der Waals surface area contributed by atoms with Crippen LogP contribution in [0.1, 0.15) is 6.42 Å². The number of nitrogens with zero attached hydrogens (tertiary/aromatic N) is 2. The van der Waals surface area contributed by atoms with E-state index in [1.165, 1.54) is 6.08 Å². The van der Waals surface area contributed by atoms with Crippen LogP contribution < -0.4 is 11.5 Å². The second kappa shape index (κ2) is 4.01. The van der Waals surface area contributed by atoms with Gasteiger partial charge in [0.25, 0.3) is 0 Å². The van der Waals surface area contributed by atoms with Gasteiger partial charge in [0.2, 0.25) is 0 Å². The summed E-state index contributed by atoms with van der Waals surface area (Å²) in [7, 11) is 0. The van der Waals surface area contributed by atoms with E-state index >= 15 is 0 Å². The van der Waals surface area contributed by atoms with Gasteiger partial charge in [-0.3, -0.25) is 10.1 Å². The minimum Gasteiger partial charge on any atom is -0.478 e. The third-order valence-electron chi connectivity index (χ3n) is 2.04. The first kappa shape index (κ1) is 11.7. The Morgan fingerprint density at radius 2 is 2.25 bits per heavy atom. The quantitative estimate of drug-likeness (QED) is 0.248. The van der Waals surface area contributed by atoms with Crippen molar-refractivity contribution in [3.63, 3.8) is 0 Å². The monoisotopic (exact) mass is 226 g/mol. The van der Waals surface area contributed by atoms with Gasteiger partial charge in [0.05, 0.1) is 16.9 Å². The van der Waals surface area contributed by atoms with Crippen molar-refractivity contribution in [1.82, 2.24) is 0 Å². The van der Waals surface area contributed by atoms with E-state index in [2.05, 4.69) is 4.99 Å². The molecule has 8 heteroatoms. The molecule has 0 aromatic carbocycles. The van der Waals surface area contributed by atoms with E-state index in [-0.39, 0.29) is 12.0 Å². The van der Waals surface area contributed by atoms with Crippen LogP contribution >= 0.6 is 0 Å². The zero-order chi connectivity index (χ0) is 12.3. The van der Waals surface area contributed by atoms with Crippen LogP contribution in [0.3, 0.4) is 0 Å². The molecule has 0 saturated heterocycles. The molecule has 1 unspecified atom stereocenters. The first-order valence-electron chi connectivity index (χ1n) is 4.25. The van der Waals surface area contributed by atoms with Gasteiger partial charge in [0.15, 0.2) is 5.96 Å². The molecule has 0 bridgehead atoms. The summed E-state index contributed by atoms with van der Waals surface area (Å²) in [5, 5.41) is 19.5. The number of aliphatic imine (C=N–C) groups is 1. The second-order valence-electron chi connectivity index (χ2n) is 3.17. The standard InChI is InChI=1S/C8H10N4O4/c9-7(10)11-8(12(15)16)3-1-5(2-4-8)6(13)14/h1-3H,4H2,(H,13,14)(H4,9,10,11). The van der Waals surface area contributed by atoms with Gasteiger partial charge in [0, 0.05) is 6.08 Å². The fraction of sp³-hybridized carbons (Fsp3) is 0.250. The Kier molecular flexibility index (Phi) is 2.93. The molecule has 5 N–H and O–H groups in total. The molecule has 0 aromatic rings. The molecule has 16 heavy (non-hydrogen) atoms. The normalized spacial score (nSPS) is 23.4. The van der Waals surface area contributed by atoms with E-state index in [0.29, 0.717) is 0 Å². The summed E-state index contributed by atoms with van der Waals surface area (Å²) in [4.78, 5) is 24.3. The number of nitro groups is 1. The van der Waals surface area contributed by atoms with E-state index in [1.54, 1.807) is 0 Å². The zero-order valence-corrected chi connectivity index (χ0v) is 8.16. The smallest absolute Gasteiger partial charge is 0.338 e. The lowest BCUT2D eigenvalue weighted by Crippen LogP contribution is -2.39. The summed E-state index contributed by atoms with van der Waals surface area (Å²) in [5.41, 5.74) is 8.37. The molecule has 1 atom stereocenters. The Hall–Kier alpha value is -2.38. The van der Waals surface area contributed by atoms with Crippen LogP contribution in [0.5, 0.6) is 0 Å². The molecule has 1 rings (SSSR count). The molecule has 0 fully saturated rings. The van der Waals surface area contributed by atoms with Crippen LogP contribution in [0.15, 0.2) is 28.8 Å². The molecule has 0 saturated carbocycles. The van der Waals surface area contributed by atoms with Crippen LogP contribution in [0.25, 0.3) is 0 Å². The molecule has 0 spiro atoms. The lowest BCUT2D eigenvalue weighted by atomic mass is 9.98. The Morgan fingerprint density at radius 1 is 1.62 bits per heavy atom. The topological polar surface area (TPSA) is 145 Å². The predicted octanol–water partition coefficient (Wildman–Crippen LogP) is -0.796. The number of carbonyl (C=O) groups is 1. The number of carboxylic acid groups (broad SMARTS) is 1. The van der Waals surface area contributed by atoms with Crippen LogP contribution in [-0.4, -0.2) is 27.6 Å². The summed E-state index contributed by atoms with van der Waals surface area (Å²) < 4.78 is 0. The zero-order valence-electron chi connectivity index (χ0n) is 8.16. The van der Waals surface area contributed by atoms with Gasteiger partial charge in [-0.25, -0.2) is 4.79 Å². The summed E-state index contributed by atoms with van der Waals surface area (Å²) in [6, 6.07) is 0. The molecule has 1 aliphatic carbocycles. The fourth-order valence-corrected chi connectivity index (χ4v) is 1.26. The van der Waals surface area contributed by atoms with E-state index in [4.69, 9.17) is 16.6 Å². The highest BCUT2D eigenvalue weighted by Crippen LogP contribution is 2.25. The van der Waals surface area contributed by atoms with Crippen molar-refractivity contribution >= 4 is 11.9 Å². The van der Waals surface area contributed by atoms with Crippen LogP contribution in [0.4, 0.5) is 0 Å². The van der Waals surface area contributed by atoms with Gasteiger partial charge in [-0.05, 0) is 6.08 Å². The van der Waals surface area contributed by atoms with E-state index in [1.807, 2.05) is 0 Å². The second-order valence-corrected chi connectivity index (χ2v) is 3.17. The average Bonchev–Trinajstić information content (AvgIpc) is 2.17. The molecule has 8 nitrogen and oxygen atoms in total. The molecule has 0 heterocycles. The third kappa shape index (κ3) is 2.16. The first-order chi connectivity index (χ1) is 7.37. The third-order valence-corrected chi connectivity index (χ3v) is 2.04. The molecule has 1 aliphatic rings. The average molecular weight is 226 g/mol. The summed E-state index contributed by atoms with van der Waals surface area (Å²) in [6.45, 7) is 0. The minimum absolute atomic E-state index is 0.0248. The molecule has 0 aromatic heterocycles. The maximum Gasteiger partial charge on any atom is 0.338 e. The Bertz CT molecular complexity index is 422. The van der Waals surface area contributed by atoms with E-state index < -0.39 is 22.5 Å². The number of carboxylic acids is 1. The molecule has 0 amide bonds. The van der Waals surface area contributed by atoms with Gasteiger partial charge in [0.1, 0.15) is 0 Å². The van der Waals surface area contributed by atoms with Crippen molar-refractivity contribution in [3.05, 3.63) is 33.9 Å². The molecule has 86 valence electrons. The predicted molar refractivity (Wildman–Crippen MR) is 55.0 cm³/mol. The number of aliphatic carboxylic acids is 1. The van der Waals surface area contributed by atoms with Gasteiger partial charge in [-0.15, -0.1) is 0 Å². The Balaban J connectivity index is 3.06. The SMILES string of the molecule is NC(N)=NC1([N+](=O)[O-])C=CC(C(=O)O)=CC1. The fourth-order valence-electron chi connectivity index (χ4n) is 1.26. The van der Waals surface area contributed by atoms with Crippen molar-refractivity contribution in [2.24, 2.45) is 16.5 Å². The maximum absolute atomic E-state index is 10.8. The van der Waals surface area contributed by atoms with Crippen LogP contribution in [0.2, 0.25) is 0 Å². The number of nitrogens with two attached hydrogens (primary N) is 2. The summed E-state index contributed by atoms with van der Waals surface area (Å²) >= 11 is 0. The molecule has 0 aliphatic heterocycles. The van der Waals surface area contributed by atoms with Gasteiger partial charge in [-0.2, -0.15) is 4.99 Å². The van der Waals surface area contributed by atoms with Gasteiger partial charge in [-0.1, -0.05) is 6.08 Å². The Labute approximate surface area is 90.1 Å². The maximum atomic E-state index is 10.8. The van der Waals surface area contributed by atoms with Crippen molar-refractivity contribution in [2.75, 3.05) is 0 Å². The van der Waals surface area contributed by atoms with Crippen LogP contribution in [-0.2, 0) is 4.79 Å². The lowest BCUT2D eigenvalue weighted by Gasteiger charge is -2.18. The molecular weight excluding hydrogens is 216 g/mol. The van der Waals surface area contributed by atoms with E-state index in [0.717, 1.165) is 12.2 Å². The van der Waals surface area contributed by atoms with Crippen molar-refractivity contribution in [2.45, 2.75) is 12.1 Å².